The number of benzene rings is 3. The first-order valence-electron chi connectivity index (χ1n) is 9.19. The molecule has 4 rings (SSSR count). The zero-order valence-electron chi connectivity index (χ0n) is 15.3. The topological polar surface area (TPSA) is 0 Å². The maximum absolute atomic E-state index is 15.3. The average molecular weight is 399 g/mol. The van der Waals surface area contributed by atoms with Gasteiger partial charge >= 0.3 is 0 Å². The van der Waals surface area contributed by atoms with Crippen molar-refractivity contribution in [3.05, 3.63) is 65.7 Å². The minimum Gasteiger partial charge on any atom is -0.205 e. The summed E-state index contributed by atoms with van der Waals surface area (Å²) < 4.78 is 31.2. The maximum Gasteiger partial charge on any atom is 0.154 e. The third-order valence-corrected chi connectivity index (χ3v) is 6.88. The van der Waals surface area contributed by atoms with Crippen molar-refractivity contribution < 1.29 is 8.78 Å². The number of hydrogen-bond acceptors (Lipinski definition) is 2. The largest absolute Gasteiger partial charge is 0.205 e. The highest BCUT2D eigenvalue weighted by Gasteiger charge is 2.17. The molecule has 1 aromatic heterocycles. The van der Waals surface area contributed by atoms with Crippen LogP contribution in [0.1, 0.15) is 25.8 Å². The van der Waals surface area contributed by atoms with Crippen molar-refractivity contribution in [2.45, 2.75) is 31.6 Å². The quantitative estimate of drug-likeness (QED) is 0.306. The van der Waals surface area contributed by atoms with Crippen molar-refractivity contribution >= 4 is 43.3 Å². The molecule has 0 spiro atoms. The van der Waals surface area contributed by atoms with E-state index in [4.69, 9.17) is 0 Å². The SMILES string of the molecule is CCCc1ccc(-c2ccc3c(sc4c(F)c(SCC)ccc43)c2F)cc1. The lowest BCUT2D eigenvalue weighted by molar-refractivity contribution is 0.616. The van der Waals surface area contributed by atoms with Gasteiger partial charge in [0, 0.05) is 21.2 Å². The van der Waals surface area contributed by atoms with Gasteiger partial charge in [0.05, 0.1) is 9.40 Å². The van der Waals surface area contributed by atoms with Crippen LogP contribution >= 0.6 is 23.1 Å². The van der Waals surface area contributed by atoms with Crippen molar-refractivity contribution in [3.63, 3.8) is 0 Å². The molecule has 0 saturated heterocycles. The van der Waals surface area contributed by atoms with E-state index < -0.39 is 0 Å². The molecule has 0 N–H and O–H groups in total. The summed E-state index contributed by atoms with van der Waals surface area (Å²) >= 11 is 2.69. The summed E-state index contributed by atoms with van der Waals surface area (Å²) in [4.78, 5) is 0.628. The zero-order chi connectivity index (χ0) is 19.0. The third kappa shape index (κ3) is 3.26. The van der Waals surface area contributed by atoms with Gasteiger partial charge in [-0.1, -0.05) is 62.7 Å². The summed E-state index contributed by atoms with van der Waals surface area (Å²) in [5.41, 5.74) is 2.68. The molecule has 0 saturated carbocycles. The molecule has 0 aliphatic rings. The van der Waals surface area contributed by atoms with E-state index >= 15 is 4.39 Å². The lowest BCUT2D eigenvalue weighted by atomic mass is 10.0. The third-order valence-electron chi connectivity index (χ3n) is 4.76. The molecule has 0 fully saturated rings. The number of aryl methyl sites for hydroxylation is 1. The van der Waals surface area contributed by atoms with Gasteiger partial charge in [0.1, 0.15) is 5.82 Å². The molecule has 27 heavy (non-hydrogen) atoms. The van der Waals surface area contributed by atoms with Crippen LogP contribution in [0.5, 0.6) is 0 Å². The Kier molecular flexibility index (Phi) is 5.20. The number of thioether (sulfide) groups is 1. The summed E-state index contributed by atoms with van der Waals surface area (Å²) in [6, 6.07) is 15.5. The maximum atomic E-state index is 15.3. The predicted molar refractivity (Wildman–Crippen MR) is 115 cm³/mol. The Labute approximate surface area is 166 Å². The van der Waals surface area contributed by atoms with Crippen molar-refractivity contribution in [1.29, 1.82) is 0 Å². The van der Waals surface area contributed by atoms with E-state index in [1.54, 1.807) is 6.07 Å². The molecule has 4 aromatic rings. The summed E-state index contributed by atoms with van der Waals surface area (Å²) in [5, 5.41) is 1.57. The van der Waals surface area contributed by atoms with E-state index in [1.165, 1.54) is 28.7 Å². The summed E-state index contributed by atoms with van der Waals surface area (Å²) in [6.07, 6.45) is 2.11. The highest BCUT2D eigenvalue weighted by molar-refractivity contribution is 7.99. The van der Waals surface area contributed by atoms with Crippen LogP contribution in [0.2, 0.25) is 0 Å². The predicted octanol–water partition coefficient (Wildman–Crippen LogP) is 8.06. The molecule has 138 valence electrons. The normalized spacial score (nSPS) is 11.6. The van der Waals surface area contributed by atoms with Crippen molar-refractivity contribution in [1.82, 2.24) is 0 Å². The monoisotopic (exact) mass is 398 g/mol. The van der Waals surface area contributed by atoms with E-state index in [0.29, 0.717) is 19.9 Å². The van der Waals surface area contributed by atoms with Gasteiger partial charge in [-0.3, -0.25) is 0 Å². The minimum absolute atomic E-state index is 0.231. The van der Waals surface area contributed by atoms with Crippen molar-refractivity contribution in [2.24, 2.45) is 0 Å². The molecule has 0 atom stereocenters. The van der Waals surface area contributed by atoms with Gasteiger partial charge in [0.2, 0.25) is 0 Å². The van der Waals surface area contributed by atoms with Gasteiger partial charge < -0.3 is 0 Å². The Morgan fingerprint density at radius 1 is 0.815 bits per heavy atom. The second-order valence-electron chi connectivity index (χ2n) is 6.54. The number of halogens is 2. The number of rotatable bonds is 5. The minimum atomic E-state index is -0.263. The molecular formula is C23H20F2S2. The van der Waals surface area contributed by atoms with Gasteiger partial charge in [0.25, 0.3) is 0 Å². The molecule has 4 heteroatoms. The first-order valence-corrected chi connectivity index (χ1v) is 11.0. The Hall–Kier alpha value is -1.91. The Morgan fingerprint density at radius 2 is 1.48 bits per heavy atom. The molecule has 0 aliphatic heterocycles. The highest BCUT2D eigenvalue weighted by atomic mass is 32.2. The smallest absolute Gasteiger partial charge is 0.154 e. The van der Waals surface area contributed by atoms with E-state index in [2.05, 4.69) is 19.1 Å². The fourth-order valence-corrected chi connectivity index (χ4v) is 5.40. The van der Waals surface area contributed by atoms with E-state index in [9.17, 15) is 4.39 Å². The standard InChI is InChI=1S/C23H20F2S2/c1-3-5-14-6-8-15(9-7-14)16-10-11-17-18-12-13-19(26-4-2)21(25)23(18)27-22(17)20(16)24/h6-13H,3-5H2,1-2H3. The van der Waals surface area contributed by atoms with Crippen LogP contribution in [0.15, 0.2) is 53.4 Å². The molecule has 0 nitrogen and oxygen atoms in total. The van der Waals surface area contributed by atoms with Crippen molar-refractivity contribution in [2.75, 3.05) is 5.75 Å². The van der Waals surface area contributed by atoms with Crippen LogP contribution in [0.4, 0.5) is 8.78 Å². The number of fused-ring (bicyclic) bond motifs is 3. The zero-order valence-corrected chi connectivity index (χ0v) is 16.9. The van der Waals surface area contributed by atoms with E-state index in [0.717, 1.165) is 34.9 Å². The summed E-state index contributed by atoms with van der Waals surface area (Å²) in [7, 11) is 0. The molecule has 0 amide bonds. The Balaban J connectivity index is 1.86. The Morgan fingerprint density at radius 3 is 2.15 bits per heavy atom. The van der Waals surface area contributed by atoms with Crippen LogP contribution in [0.3, 0.4) is 0 Å². The van der Waals surface area contributed by atoms with Gasteiger partial charge in [-0.15, -0.1) is 23.1 Å². The molecule has 0 bridgehead atoms. The molecule has 0 radical (unpaired) electrons. The lowest BCUT2D eigenvalue weighted by Gasteiger charge is -2.06. The van der Waals surface area contributed by atoms with Crippen LogP contribution in [0.25, 0.3) is 31.3 Å². The lowest BCUT2D eigenvalue weighted by Crippen LogP contribution is -1.87. The summed E-state index contributed by atoms with van der Waals surface area (Å²) in [6.45, 7) is 4.14. The second kappa shape index (κ2) is 7.61. The highest BCUT2D eigenvalue weighted by Crippen LogP contribution is 2.42. The average Bonchev–Trinajstić information content (AvgIpc) is 3.06. The van der Waals surface area contributed by atoms with Crippen LogP contribution < -0.4 is 0 Å². The fraction of sp³-hybridized carbons (Fsp3) is 0.217. The Bertz CT molecular complexity index is 1110. The molecule has 1 heterocycles. The van der Waals surface area contributed by atoms with Crippen LogP contribution in [-0.2, 0) is 6.42 Å². The molecule has 0 unspecified atom stereocenters. The number of thiophene rings is 1. The molecular weight excluding hydrogens is 378 g/mol. The van der Waals surface area contributed by atoms with Crippen molar-refractivity contribution in [3.8, 4) is 11.1 Å². The first kappa shape index (κ1) is 18.5. The van der Waals surface area contributed by atoms with Crippen LogP contribution in [0, 0.1) is 11.6 Å². The summed E-state index contributed by atoms with van der Waals surface area (Å²) in [5.74, 6) is 0.311. The van der Waals surface area contributed by atoms with E-state index in [1.807, 2.05) is 37.3 Å². The van der Waals surface area contributed by atoms with Gasteiger partial charge in [-0.25, -0.2) is 8.78 Å². The van der Waals surface area contributed by atoms with E-state index in [-0.39, 0.29) is 11.6 Å². The second-order valence-corrected chi connectivity index (χ2v) is 8.87. The fourth-order valence-electron chi connectivity index (χ4n) is 3.45. The molecule has 3 aromatic carbocycles. The van der Waals surface area contributed by atoms with Crippen LogP contribution in [-0.4, -0.2) is 5.75 Å². The molecule has 0 aliphatic carbocycles. The van der Waals surface area contributed by atoms with Gasteiger partial charge in [-0.2, -0.15) is 0 Å². The van der Waals surface area contributed by atoms with Gasteiger partial charge in [0.15, 0.2) is 5.82 Å². The number of hydrogen-bond donors (Lipinski definition) is 0. The first-order chi connectivity index (χ1) is 13.1. The van der Waals surface area contributed by atoms with Gasteiger partial charge in [-0.05, 0) is 29.4 Å².